The molecular weight excluding hydrogens is 229 g/mol. The van der Waals surface area contributed by atoms with Crippen LogP contribution in [0.15, 0.2) is 24.3 Å². The number of amides is 1. The first-order chi connectivity index (χ1) is 8.69. The van der Waals surface area contributed by atoms with Gasteiger partial charge in [0.1, 0.15) is 5.82 Å². The van der Waals surface area contributed by atoms with Gasteiger partial charge in [-0.2, -0.15) is 0 Å². The maximum Gasteiger partial charge on any atom is 0.239 e. The number of carbonyl (C=O) groups excluding carboxylic acids is 1. The van der Waals surface area contributed by atoms with Crippen LogP contribution in [0.1, 0.15) is 20.3 Å². The molecule has 0 aliphatic heterocycles. The lowest BCUT2D eigenvalue weighted by Gasteiger charge is -2.19. The van der Waals surface area contributed by atoms with Gasteiger partial charge in [-0.05, 0) is 32.0 Å². The summed E-state index contributed by atoms with van der Waals surface area (Å²) in [5.41, 5.74) is 0.501. The van der Waals surface area contributed by atoms with Crippen molar-refractivity contribution in [1.82, 2.24) is 0 Å². The summed E-state index contributed by atoms with van der Waals surface area (Å²) in [6, 6.07) is 5.89. The second kappa shape index (κ2) is 7.14. The number of hydrogen-bond donors (Lipinski definition) is 0. The molecule has 1 aromatic rings. The highest BCUT2D eigenvalue weighted by Crippen LogP contribution is 2.16. The van der Waals surface area contributed by atoms with E-state index in [-0.39, 0.29) is 24.7 Å². The Morgan fingerprint density at radius 3 is 2.61 bits per heavy atom. The number of rotatable bonds is 3. The lowest BCUT2D eigenvalue weighted by atomic mass is 10.2. The van der Waals surface area contributed by atoms with Gasteiger partial charge in [0.15, 0.2) is 0 Å². The molecule has 0 saturated carbocycles. The Balaban J connectivity index is 2.98. The van der Waals surface area contributed by atoms with Crippen LogP contribution < -0.4 is 4.90 Å². The van der Waals surface area contributed by atoms with Gasteiger partial charge in [0.05, 0.1) is 13.0 Å². The van der Waals surface area contributed by atoms with E-state index in [1.165, 1.54) is 17.0 Å². The number of halogens is 1. The Hall–Kier alpha value is -2.26. The summed E-state index contributed by atoms with van der Waals surface area (Å²) >= 11 is 0. The SMILES string of the molecule is CC#CCC(=O)N(CC#CC)c1cccc(F)c1. The predicted molar refractivity (Wildman–Crippen MR) is 70.3 cm³/mol. The molecule has 3 heteroatoms. The molecule has 0 radical (unpaired) electrons. The van der Waals surface area contributed by atoms with Crippen LogP contribution in [-0.4, -0.2) is 12.5 Å². The molecule has 0 unspecified atom stereocenters. The van der Waals surface area contributed by atoms with Gasteiger partial charge in [0, 0.05) is 5.69 Å². The lowest BCUT2D eigenvalue weighted by Crippen LogP contribution is -2.30. The van der Waals surface area contributed by atoms with Gasteiger partial charge in [-0.25, -0.2) is 4.39 Å². The van der Waals surface area contributed by atoms with Crippen molar-refractivity contribution in [1.29, 1.82) is 0 Å². The molecule has 0 bridgehead atoms. The quantitative estimate of drug-likeness (QED) is 0.747. The molecule has 92 valence electrons. The monoisotopic (exact) mass is 243 g/mol. The summed E-state index contributed by atoms with van der Waals surface area (Å²) in [6.07, 6.45) is 0.110. The Labute approximate surface area is 107 Å². The van der Waals surface area contributed by atoms with Crippen LogP contribution in [0.2, 0.25) is 0 Å². The molecule has 18 heavy (non-hydrogen) atoms. The highest BCUT2D eigenvalue weighted by Gasteiger charge is 2.13. The number of nitrogens with zero attached hydrogens (tertiary/aromatic N) is 1. The van der Waals surface area contributed by atoms with Gasteiger partial charge in [-0.1, -0.05) is 17.9 Å². The predicted octanol–water partition coefficient (Wildman–Crippen LogP) is 2.60. The number of benzene rings is 1. The summed E-state index contributed by atoms with van der Waals surface area (Å²) < 4.78 is 13.2. The Morgan fingerprint density at radius 1 is 1.28 bits per heavy atom. The summed E-state index contributed by atoms with van der Waals surface area (Å²) in [6.45, 7) is 3.61. The molecule has 1 amide bonds. The number of hydrogen-bond acceptors (Lipinski definition) is 1. The maximum atomic E-state index is 13.2. The minimum atomic E-state index is -0.378. The minimum absolute atomic E-state index is 0.110. The van der Waals surface area contributed by atoms with E-state index < -0.39 is 0 Å². The smallest absolute Gasteiger partial charge is 0.239 e. The van der Waals surface area contributed by atoms with E-state index in [4.69, 9.17) is 0 Å². The van der Waals surface area contributed by atoms with E-state index in [2.05, 4.69) is 23.7 Å². The van der Waals surface area contributed by atoms with E-state index >= 15 is 0 Å². The summed E-state index contributed by atoms with van der Waals surface area (Å²) in [5.74, 6) is 10.3. The van der Waals surface area contributed by atoms with Gasteiger partial charge in [0.2, 0.25) is 5.91 Å². The molecule has 0 atom stereocenters. The highest BCUT2D eigenvalue weighted by molar-refractivity contribution is 5.95. The summed E-state index contributed by atoms with van der Waals surface area (Å²) in [7, 11) is 0. The van der Waals surface area contributed by atoms with Gasteiger partial charge in [0.25, 0.3) is 0 Å². The van der Waals surface area contributed by atoms with Crippen LogP contribution in [-0.2, 0) is 4.79 Å². The molecule has 1 rings (SSSR count). The second-order valence-electron chi connectivity index (χ2n) is 3.49. The van der Waals surface area contributed by atoms with Crippen LogP contribution in [0.25, 0.3) is 0 Å². The molecule has 0 aliphatic carbocycles. The zero-order valence-electron chi connectivity index (χ0n) is 10.5. The standard InChI is InChI=1S/C15H14FNO/c1-3-5-10-15(18)17(11-6-4-2)14-9-7-8-13(16)12-14/h7-9,12H,10-11H2,1-2H3. The molecule has 0 saturated heterocycles. The van der Waals surface area contributed by atoms with Crippen LogP contribution in [0.3, 0.4) is 0 Å². The second-order valence-corrected chi connectivity index (χ2v) is 3.49. The van der Waals surface area contributed by atoms with Crippen LogP contribution in [0, 0.1) is 29.5 Å². The van der Waals surface area contributed by atoms with E-state index in [1.807, 2.05) is 0 Å². The van der Waals surface area contributed by atoms with Crippen molar-refractivity contribution in [2.45, 2.75) is 20.3 Å². The molecule has 0 N–H and O–H groups in total. The molecule has 0 aliphatic rings. The van der Waals surface area contributed by atoms with E-state index in [1.54, 1.807) is 26.0 Å². The van der Waals surface area contributed by atoms with Crippen molar-refractivity contribution in [3.63, 3.8) is 0 Å². The lowest BCUT2D eigenvalue weighted by molar-refractivity contribution is -0.117. The first kappa shape index (κ1) is 13.8. The van der Waals surface area contributed by atoms with Crippen molar-refractivity contribution in [2.24, 2.45) is 0 Å². The van der Waals surface area contributed by atoms with Crippen molar-refractivity contribution < 1.29 is 9.18 Å². The largest absolute Gasteiger partial charge is 0.300 e. The summed E-state index contributed by atoms with van der Waals surface area (Å²) in [5, 5.41) is 0. The first-order valence-corrected chi connectivity index (χ1v) is 5.54. The highest BCUT2D eigenvalue weighted by atomic mass is 19.1. The van der Waals surface area contributed by atoms with Crippen molar-refractivity contribution >= 4 is 11.6 Å². The Morgan fingerprint density at radius 2 is 2.00 bits per heavy atom. The van der Waals surface area contributed by atoms with Crippen LogP contribution in [0.4, 0.5) is 10.1 Å². The van der Waals surface area contributed by atoms with Gasteiger partial charge in [-0.3, -0.25) is 9.69 Å². The van der Waals surface area contributed by atoms with Gasteiger partial charge >= 0.3 is 0 Å². The normalized spacial score (nSPS) is 8.61. The molecule has 0 aromatic heterocycles. The van der Waals surface area contributed by atoms with E-state index in [0.717, 1.165) is 0 Å². The minimum Gasteiger partial charge on any atom is -0.300 e. The first-order valence-electron chi connectivity index (χ1n) is 5.54. The van der Waals surface area contributed by atoms with Crippen molar-refractivity contribution in [2.75, 3.05) is 11.4 Å². The van der Waals surface area contributed by atoms with Crippen LogP contribution in [0.5, 0.6) is 0 Å². The molecule has 1 aromatic carbocycles. The third-order valence-electron chi connectivity index (χ3n) is 2.25. The average Bonchev–Trinajstić information content (AvgIpc) is 2.37. The number of anilines is 1. The van der Waals surface area contributed by atoms with Gasteiger partial charge in [-0.15, -0.1) is 11.8 Å². The van der Waals surface area contributed by atoms with Crippen LogP contribution >= 0.6 is 0 Å². The fourth-order valence-corrected chi connectivity index (χ4v) is 1.39. The van der Waals surface area contributed by atoms with Crippen molar-refractivity contribution in [3.05, 3.63) is 30.1 Å². The third-order valence-corrected chi connectivity index (χ3v) is 2.25. The molecule has 0 heterocycles. The Kier molecular flexibility index (Phi) is 5.48. The zero-order chi connectivity index (χ0) is 13.4. The topological polar surface area (TPSA) is 20.3 Å². The van der Waals surface area contributed by atoms with E-state index in [9.17, 15) is 9.18 Å². The fraction of sp³-hybridized carbons (Fsp3) is 0.267. The number of carbonyl (C=O) groups is 1. The van der Waals surface area contributed by atoms with Gasteiger partial charge < -0.3 is 0 Å². The summed E-state index contributed by atoms with van der Waals surface area (Å²) in [4.78, 5) is 13.4. The molecular formula is C15H14FNO. The zero-order valence-corrected chi connectivity index (χ0v) is 10.5. The fourth-order valence-electron chi connectivity index (χ4n) is 1.39. The molecule has 2 nitrogen and oxygen atoms in total. The molecule has 0 fully saturated rings. The average molecular weight is 243 g/mol. The maximum absolute atomic E-state index is 13.2. The van der Waals surface area contributed by atoms with E-state index in [0.29, 0.717) is 5.69 Å². The Bertz CT molecular complexity index is 543. The molecule has 0 spiro atoms. The van der Waals surface area contributed by atoms with Crippen molar-refractivity contribution in [3.8, 4) is 23.7 Å². The third kappa shape index (κ3) is 3.96.